The Morgan fingerprint density at radius 3 is 2.54 bits per heavy atom. The van der Waals surface area contributed by atoms with Crippen LogP contribution in [0, 0.1) is 0 Å². The molecular weight excluding hydrogens is 164 g/mol. The molecule has 1 saturated heterocycles. The Kier molecular flexibility index (Phi) is 2.34. The van der Waals surface area contributed by atoms with E-state index < -0.39 is 6.10 Å². The molecule has 1 aliphatic rings. The molecule has 1 heterocycles. The first kappa shape index (κ1) is 8.73. The molecule has 69 valence electrons. The second-order valence-corrected chi connectivity index (χ2v) is 3.51. The normalized spacial score (nSPS) is 33.5. The molecule has 2 nitrogen and oxygen atoms in total. The van der Waals surface area contributed by atoms with Crippen LogP contribution in [0.15, 0.2) is 30.3 Å². The maximum Gasteiger partial charge on any atom is 0.122 e. The minimum absolute atomic E-state index is 0.0127. The fraction of sp³-hybridized carbons (Fsp3) is 0.455. The van der Waals surface area contributed by atoms with Gasteiger partial charge >= 0.3 is 0 Å². The van der Waals surface area contributed by atoms with Gasteiger partial charge in [0, 0.05) is 6.42 Å². The van der Waals surface area contributed by atoms with Crippen LogP contribution in [0.3, 0.4) is 0 Å². The highest BCUT2D eigenvalue weighted by atomic mass is 16.5. The predicted octanol–water partition coefficient (Wildman–Crippen LogP) is 2.34. The monoisotopic (exact) mass is 177 g/mol. The third-order valence-electron chi connectivity index (χ3n) is 2.52. The highest BCUT2D eigenvalue weighted by Gasteiger charge is 2.32. The summed E-state index contributed by atoms with van der Waals surface area (Å²) in [6.07, 6.45) is -0.0975. The summed E-state index contributed by atoms with van der Waals surface area (Å²) in [5, 5.41) is 11.3. The quantitative estimate of drug-likeness (QED) is 0.647. The van der Waals surface area contributed by atoms with Crippen LogP contribution < -0.4 is 0 Å². The molecule has 2 heteroatoms. The topological polar surface area (TPSA) is 29.1 Å². The van der Waals surface area contributed by atoms with Crippen molar-refractivity contribution in [2.45, 2.75) is 31.7 Å². The average Bonchev–Trinajstić information content (AvgIpc) is 2.49. The van der Waals surface area contributed by atoms with Gasteiger partial charge in [0.05, 0.1) is 12.2 Å². The zero-order valence-corrected chi connectivity index (χ0v) is 7.64. The third kappa shape index (κ3) is 1.74. The molecule has 1 radical (unpaired) electrons. The van der Waals surface area contributed by atoms with Crippen LogP contribution in [-0.2, 0) is 9.84 Å². The molecule has 13 heavy (non-hydrogen) atoms. The SMILES string of the molecule is C[C@@H]1OC(c2ccccc2)CC1[O]. The van der Waals surface area contributed by atoms with Crippen LogP contribution >= 0.6 is 0 Å². The van der Waals surface area contributed by atoms with E-state index in [1.807, 2.05) is 37.3 Å². The van der Waals surface area contributed by atoms with Gasteiger partial charge in [-0.3, -0.25) is 0 Å². The van der Waals surface area contributed by atoms with E-state index in [0.717, 1.165) is 5.56 Å². The van der Waals surface area contributed by atoms with Gasteiger partial charge in [0.25, 0.3) is 0 Å². The molecule has 2 unspecified atom stereocenters. The Bertz CT molecular complexity index is 261. The Balaban J connectivity index is 2.12. The highest BCUT2D eigenvalue weighted by molar-refractivity contribution is 5.18. The fourth-order valence-corrected chi connectivity index (χ4v) is 1.69. The number of benzene rings is 1. The van der Waals surface area contributed by atoms with Crippen molar-refractivity contribution in [3.63, 3.8) is 0 Å². The van der Waals surface area contributed by atoms with Crippen molar-refractivity contribution in [3.05, 3.63) is 35.9 Å². The molecule has 1 fully saturated rings. The molecule has 1 aliphatic heterocycles. The molecule has 0 saturated carbocycles. The second-order valence-electron chi connectivity index (χ2n) is 3.51. The molecule has 2 rings (SSSR count). The summed E-state index contributed by atoms with van der Waals surface area (Å²) in [7, 11) is 0. The van der Waals surface area contributed by atoms with Crippen molar-refractivity contribution >= 4 is 0 Å². The maximum absolute atomic E-state index is 11.3. The zero-order valence-electron chi connectivity index (χ0n) is 7.64. The van der Waals surface area contributed by atoms with E-state index in [1.54, 1.807) is 0 Å². The first-order valence-electron chi connectivity index (χ1n) is 4.63. The summed E-state index contributed by atoms with van der Waals surface area (Å²) in [6.45, 7) is 1.85. The van der Waals surface area contributed by atoms with Crippen molar-refractivity contribution in [1.82, 2.24) is 0 Å². The van der Waals surface area contributed by atoms with Crippen molar-refractivity contribution < 1.29 is 9.84 Å². The van der Waals surface area contributed by atoms with Gasteiger partial charge in [-0.2, -0.15) is 0 Å². The van der Waals surface area contributed by atoms with Gasteiger partial charge in [0.2, 0.25) is 0 Å². The maximum atomic E-state index is 11.3. The molecule has 3 atom stereocenters. The summed E-state index contributed by atoms with van der Waals surface area (Å²) >= 11 is 0. The summed E-state index contributed by atoms with van der Waals surface area (Å²) < 4.78 is 5.55. The van der Waals surface area contributed by atoms with Crippen LogP contribution in [0.2, 0.25) is 0 Å². The Hall–Kier alpha value is -0.860. The van der Waals surface area contributed by atoms with Crippen LogP contribution in [-0.4, -0.2) is 12.2 Å². The van der Waals surface area contributed by atoms with Gasteiger partial charge in [0.15, 0.2) is 0 Å². The lowest BCUT2D eigenvalue weighted by Gasteiger charge is -2.09. The predicted molar refractivity (Wildman–Crippen MR) is 48.8 cm³/mol. The lowest BCUT2D eigenvalue weighted by atomic mass is 10.1. The van der Waals surface area contributed by atoms with Gasteiger partial charge < -0.3 is 4.74 Å². The molecule has 0 spiro atoms. The van der Waals surface area contributed by atoms with E-state index in [9.17, 15) is 5.11 Å². The first-order valence-corrected chi connectivity index (χ1v) is 4.63. The molecule has 1 aromatic carbocycles. The van der Waals surface area contributed by atoms with Crippen molar-refractivity contribution in [2.24, 2.45) is 0 Å². The number of ether oxygens (including phenoxy) is 1. The summed E-state index contributed by atoms with van der Waals surface area (Å²) in [6, 6.07) is 9.93. The average molecular weight is 177 g/mol. The van der Waals surface area contributed by atoms with E-state index in [1.165, 1.54) is 0 Å². The van der Waals surface area contributed by atoms with Crippen LogP contribution in [0.25, 0.3) is 0 Å². The van der Waals surface area contributed by atoms with E-state index in [0.29, 0.717) is 6.42 Å². The summed E-state index contributed by atoms with van der Waals surface area (Å²) in [5.41, 5.74) is 1.12. The van der Waals surface area contributed by atoms with Crippen molar-refractivity contribution in [3.8, 4) is 0 Å². The largest absolute Gasteiger partial charge is 0.368 e. The van der Waals surface area contributed by atoms with Crippen LogP contribution in [0.4, 0.5) is 0 Å². The smallest absolute Gasteiger partial charge is 0.122 e. The lowest BCUT2D eigenvalue weighted by Crippen LogP contribution is -2.13. The Labute approximate surface area is 78.2 Å². The first-order chi connectivity index (χ1) is 6.27. The number of hydrogen-bond donors (Lipinski definition) is 0. The fourth-order valence-electron chi connectivity index (χ4n) is 1.69. The van der Waals surface area contributed by atoms with E-state index in [4.69, 9.17) is 4.74 Å². The molecule has 0 aromatic heterocycles. The molecule has 0 aliphatic carbocycles. The van der Waals surface area contributed by atoms with E-state index >= 15 is 0 Å². The summed E-state index contributed by atoms with van der Waals surface area (Å²) in [4.78, 5) is 0. The van der Waals surface area contributed by atoms with Gasteiger partial charge in [0.1, 0.15) is 6.10 Å². The second kappa shape index (κ2) is 3.48. The molecule has 0 bridgehead atoms. The molecule has 0 N–H and O–H groups in total. The third-order valence-corrected chi connectivity index (χ3v) is 2.52. The minimum atomic E-state index is -0.565. The number of hydrogen-bond acceptors (Lipinski definition) is 1. The molecule has 0 amide bonds. The van der Waals surface area contributed by atoms with Gasteiger partial charge in [-0.1, -0.05) is 30.3 Å². The van der Waals surface area contributed by atoms with Gasteiger partial charge in [-0.25, -0.2) is 5.11 Å². The van der Waals surface area contributed by atoms with Gasteiger partial charge in [-0.05, 0) is 12.5 Å². The standard InChI is InChI=1S/C11H13O2/c1-8-10(12)7-11(13-8)9-5-3-2-4-6-9/h2-6,8,10-11H,7H2,1H3/t8-,10?,11?/m0/s1. The Morgan fingerprint density at radius 1 is 1.31 bits per heavy atom. The summed E-state index contributed by atoms with van der Waals surface area (Å²) in [5.74, 6) is 0. The highest BCUT2D eigenvalue weighted by Crippen LogP contribution is 2.32. The van der Waals surface area contributed by atoms with Crippen LogP contribution in [0.5, 0.6) is 0 Å². The van der Waals surface area contributed by atoms with E-state index in [-0.39, 0.29) is 12.2 Å². The Morgan fingerprint density at radius 2 is 2.00 bits per heavy atom. The van der Waals surface area contributed by atoms with Crippen LogP contribution in [0.1, 0.15) is 25.0 Å². The number of rotatable bonds is 1. The lowest BCUT2D eigenvalue weighted by molar-refractivity contribution is -0.00268. The van der Waals surface area contributed by atoms with Crippen molar-refractivity contribution in [1.29, 1.82) is 0 Å². The minimum Gasteiger partial charge on any atom is -0.368 e. The van der Waals surface area contributed by atoms with E-state index in [2.05, 4.69) is 0 Å². The van der Waals surface area contributed by atoms with Gasteiger partial charge in [-0.15, -0.1) is 0 Å². The molecular formula is C11H13O2. The molecule has 1 aromatic rings. The zero-order chi connectivity index (χ0) is 9.26. The van der Waals surface area contributed by atoms with Crippen molar-refractivity contribution in [2.75, 3.05) is 0 Å².